The Morgan fingerprint density at radius 3 is 2.17 bits per heavy atom. The lowest BCUT2D eigenvalue weighted by Crippen LogP contribution is -2.30. The van der Waals surface area contributed by atoms with Crippen LogP contribution in [-0.2, 0) is 20.2 Å². The summed E-state index contributed by atoms with van der Waals surface area (Å²) in [4.78, 5) is 12.4. The molecule has 2 aromatic carbocycles. The molecule has 0 radical (unpaired) electrons. The van der Waals surface area contributed by atoms with Crippen LogP contribution < -0.4 is 10.1 Å². The largest absolute Gasteiger partial charge is 0.483 e. The van der Waals surface area contributed by atoms with Gasteiger partial charge in [0.2, 0.25) is 10.0 Å². The Labute approximate surface area is 187 Å². The van der Waals surface area contributed by atoms with E-state index < -0.39 is 10.0 Å². The minimum absolute atomic E-state index is 0.0172. The Morgan fingerprint density at radius 2 is 1.67 bits per heavy atom. The molecule has 0 unspecified atom stereocenters. The number of benzene rings is 2. The van der Waals surface area contributed by atoms with E-state index in [-0.39, 0.29) is 22.8 Å². The van der Waals surface area contributed by atoms with Crippen molar-refractivity contribution in [1.82, 2.24) is 4.31 Å². The standard InChI is InChI=1S/C22H29BrN2O4S/c1-6-25(7-2)30(27,28)18-11-9-17(10-12-18)24-21(26)15-29-20-13-8-16(14-19(20)23)22(3,4)5/h8-14H,6-7,15H2,1-5H3,(H,24,26). The van der Waals surface area contributed by atoms with Gasteiger partial charge in [-0.3, -0.25) is 4.79 Å². The van der Waals surface area contributed by atoms with E-state index >= 15 is 0 Å². The molecule has 0 aliphatic heterocycles. The van der Waals surface area contributed by atoms with E-state index in [0.717, 1.165) is 10.0 Å². The van der Waals surface area contributed by atoms with Crippen molar-refractivity contribution in [2.45, 2.75) is 44.9 Å². The molecule has 164 valence electrons. The maximum Gasteiger partial charge on any atom is 0.262 e. The Bertz CT molecular complexity index is 979. The van der Waals surface area contributed by atoms with Crippen molar-refractivity contribution in [2.75, 3.05) is 25.0 Å². The third-order valence-electron chi connectivity index (χ3n) is 4.64. The van der Waals surface area contributed by atoms with Gasteiger partial charge in [0.1, 0.15) is 5.75 Å². The molecule has 6 nitrogen and oxygen atoms in total. The zero-order valence-electron chi connectivity index (χ0n) is 18.0. The van der Waals surface area contributed by atoms with Crippen LogP contribution >= 0.6 is 15.9 Å². The fraction of sp³-hybridized carbons (Fsp3) is 0.409. The average Bonchev–Trinajstić information content (AvgIpc) is 2.67. The number of carbonyl (C=O) groups excluding carboxylic acids is 1. The Morgan fingerprint density at radius 1 is 1.07 bits per heavy atom. The van der Waals surface area contributed by atoms with E-state index in [2.05, 4.69) is 42.0 Å². The fourth-order valence-electron chi connectivity index (χ4n) is 2.85. The smallest absolute Gasteiger partial charge is 0.262 e. The van der Waals surface area contributed by atoms with Gasteiger partial charge in [0, 0.05) is 18.8 Å². The van der Waals surface area contributed by atoms with E-state index in [9.17, 15) is 13.2 Å². The molecular weight excluding hydrogens is 468 g/mol. The summed E-state index contributed by atoms with van der Waals surface area (Å²) in [6, 6.07) is 11.9. The Hall–Kier alpha value is -1.90. The fourth-order valence-corrected chi connectivity index (χ4v) is 4.80. The number of hydrogen-bond acceptors (Lipinski definition) is 4. The van der Waals surface area contributed by atoms with Crippen LogP contribution in [0.1, 0.15) is 40.2 Å². The number of amides is 1. The third-order valence-corrected chi connectivity index (χ3v) is 7.32. The first kappa shape index (κ1) is 24.4. The second-order valence-corrected chi connectivity index (χ2v) is 10.6. The molecule has 1 N–H and O–H groups in total. The second-order valence-electron chi connectivity index (χ2n) is 7.85. The summed E-state index contributed by atoms with van der Waals surface area (Å²) in [6.07, 6.45) is 0. The number of sulfonamides is 1. The molecule has 0 atom stereocenters. The summed E-state index contributed by atoms with van der Waals surface area (Å²) >= 11 is 3.49. The van der Waals surface area contributed by atoms with E-state index in [4.69, 9.17) is 4.74 Å². The molecule has 8 heteroatoms. The predicted octanol–water partition coefficient (Wildman–Crippen LogP) is 4.79. The van der Waals surface area contributed by atoms with Crippen LogP contribution in [0.25, 0.3) is 0 Å². The highest BCUT2D eigenvalue weighted by Crippen LogP contribution is 2.31. The van der Waals surface area contributed by atoms with Crippen LogP contribution in [0, 0.1) is 0 Å². The van der Waals surface area contributed by atoms with Crippen LogP contribution in [0.2, 0.25) is 0 Å². The van der Waals surface area contributed by atoms with Gasteiger partial charge in [-0.2, -0.15) is 4.31 Å². The van der Waals surface area contributed by atoms with Crippen LogP contribution in [-0.4, -0.2) is 38.3 Å². The van der Waals surface area contributed by atoms with Crippen LogP contribution in [0.5, 0.6) is 5.75 Å². The highest BCUT2D eigenvalue weighted by molar-refractivity contribution is 9.10. The summed E-state index contributed by atoms with van der Waals surface area (Å²) in [5.41, 5.74) is 1.68. The predicted molar refractivity (Wildman–Crippen MR) is 124 cm³/mol. The van der Waals surface area contributed by atoms with E-state index in [1.807, 2.05) is 18.2 Å². The first-order valence-electron chi connectivity index (χ1n) is 9.82. The molecule has 0 saturated heterocycles. The molecule has 1 amide bonds. The van der Waals surface area contributed by atoms with E-state index in [0.29, 0.717) is 24.5 Å². The van der Waals surface area contributed by atoms with Gasteiger partial charge in [-0.25, -0.2) is 8.42 Å². The molecule has 0 spiro atoms. The molecule has 0 aromatic heterocycles. The van der Waals surface area contributed by atoms with Gasteiger partial charge >= 0.3 is 0 Å². The average molecular weight is 497 g/mol. The van der Waals surface area contributed by atoms with Crippen molar-refractivity contribution in [1.29, 1.82) is 0 Å². The van der Waals surface area contributed by atoms with Crippen molar-refractivity contribution in [3.05, 3.63) is 52.5 Å². The first-order chi connectivity index (χ1) is 14.0. The summed E-state index contributed by atoms with van der Waals surface area (Å²) in [5.74, 6) is 0.250. The number of ether oxygens (including phenoxy) is 1. The topological polar surface area (TPSA) is 75.7 Å². The van der Waals surface area contributed by atoms with Crippen molar-refractivity contribution in [2.24, 2.45) is 0 Å². The van der Waals surface area contributed by atoms with Gasteiger partial charge in [0.15, 0.2) is 6.61 Å². The van der Waals surface area contributed by atoms with Crippen LogP contribution in [0.4, 0.5) is 5.69 Å². The number of carbonyl (C=O) groups is 1. The minimum atomic E-state index is -3.52. The van der Waals surface area contributed by atoms with Crippen molar-refractivity contribution >= 4 is 37.5 Å². The highest BCUT2D eigenvalue weighted by Gasteiger charge is 2.21. The van der Waals surface area contributed by atoms with Crippen LogP contribution in [0.3, 0.4) is 0 Å². The first-order valence-corrected chi connectivity index (χ1v) is 12.0. The molecule has 0 aliphatic carbocycles. The number of anilines is 1. The third kappa shape index (κ3) is 6.06. The quantitative estimate of drug-likeness (QED) is 0.569. The minimum Gasteiger partial charge on any atom is -0.483 e. The number of halogens is 1. The van der Waals surface area contributed by atoms with Gasteiger partial charge in [0.25, 0.3) is 5.91 Å². The monoisotopic (exact) mass is 496 g/mol. The SMILES string of the molecule is CCN(CC)S(=O)(=O)c1ccc(NC(=O)COc2ccc(C(C)(C)C)cc2Br)cc1. The Balaban J connectivity index is 1.99. The van der Waals surface area contributed by atoms with Crippen LogP contribution in [0.15, 0.2) is 51.8 Å². The number of rotatable bonds is 8. The molecule has 2 aromatic rings. The van der Waals surface area contributed by atoms with Gasteiger partial charge in [-0.1, -0.05) is 40.7 Å². The second kappa shape index (κ2) is 9.94. The summed E-state index contributed by atoms with van der Waals surface area (Å²) in [6.45, 7) is 10.6. The molecule has 0 heterocycles. The molecule has 0 fully saturated rings. The lowest BCUT2D eigenvalue weighted by molar-refractivity contribution is -0.118. The number of nitrogens with zero attached hydrogens (tertiary/aromatic N) is 1. The zero-order valence-corrected chi connectivity index (χ0v) is 20.4. The Kier molecular flexibility index (Phi) is 8.07. The summed E-state index contributed by atoms with van der Waals surface area (Å²) in [5, 5.41) is 2.72. The summed E-state index contributed by atoms with van der Waals surface area (Å²) < 4.78 is 32.8. The normalized spacial score (nSPS) is 12.1. The lowest BCUT2D eigenvalue weighted by atomic mass is 9.87. The number of nitrogens with one attached hydrogen (secondary N) is 1. The van der Waals surface area contributed by atoms with Crippen molar-refractivity contribution < 1.29 is 17.9 Å². The van der Waals surface area contributed by atoms with E-state index in [1.165, 1.54) is 16.4 Å². The van der Waals surface area contributed by atoms with Crippen molar-refractivity contribution in [3.63, 3.8) is 0 Å². The van der Waals surface area contributed by atoms with Gasteiger partial charge < -0.3 is 10.1 Å². The highest BCUT2D eigenvalue weighted by atomic mass is 79.9. The molecule has 2 rings (SSSR count). The zero-order chi connectivity index (χ0) is 22.5. The van der Waals surface area contributed by atoms with Crippen molar-refractivity contribution in [3.8, 4) is 5.75 Å². The van der Waals surface area contributed by atoms with Gasteiger partial charge in [-0.05, 0) is 63.3 Å². The van der Waals surface area contributed by atoms with Gasteiger partial charge in [-0.15, -0.1) is 0 Å². The van der Waals surface area contributed by atoms with E-state index in [1.54, 1.807) is 26.0 Å². The maximum atomic E-state index is 12.5. The molecule has 0 bridgehead atoms. The summed E-state index contributed by atoms with van der Waals surface area (Å²) in [7, 11) is -3.52. The molecule has 0 aliphatic rings. The lowest BCUT2D eigenvalue weighted by Gasteiger charge is -2.20. The molecule has 0 saturated carbocycles. The molecular formula is C22H29BrN2O4S. The number of hydrogen-bond donors (Lipinski definition) is 1. The maximum absolute atomic E-state index is 12.5. The molecule has 30 heavy (non-hydrogen) atoms. The van der Waals surface area contributed by atoms with Gasteiger partial charge in [0.05, 0.1) is 9.37 Å².